The van der Waals surface area contributed by atoms with Gasteiger partial charge in [-0.3, -0.25) is 0 Å². The van der Waals surface area contributed by atoms with Crippen LogP contribution < -0.4 is 5.32 Å². The number of nitrogens with zero attached hydrogens (tertiary/aromatic N) is 2. The Hall–Kier alpha value is -0.830. The SMILES string of the molecule is CCCCCCCCn1cncc1CNC(C)(C)C. The highest BCUT2D eigenvalue weighted by Gasteiger charge is 2.10. The van der Waals surface area contributed by atoms with Crippen LogP contribution in [0.2, 0.25) is 0 Å². The van der Waals surface area contributed by atoms with E-state index in [4.69, 9.17) is 0 Å². The van der Waals surface area contributed by atoms with Crippen LogP contribution in [-0.2, 0) is 13.1 Å². The maximum absolute atomic E-state index is 4.27. The Morgan fingerprint density at radius 1 is 1.11 bits per heavy atom. The van der Waals surface area contributed by atoms with Gasteiger partial charge in [-0.05, 0) is 27.2 Å². The third-order valence-corrected chi connectivity index (χ3v) is 3.35. The summed E-state index contributed by atoms with van der Waals surface area (Å²) in [4.78, 5) is 4.27. The molecule has 0 fully saturated rings. The van der Waals surface area contributed by atoms with Crippen molar-refractivity contribution in [1.29, 1.82) is 0 Å². The highest BCUT2D eigenvalue weighted by Crippen LogP contribution is 2.09. The van der Waals surface area contributed by atoms with Crippen LogP contribution in [0.3, 0.4) is 0 Å². The van der Waals surface area contributed by atoms with Crippen LogP contribution >= 0.6 is 0 Å². The van der Waals surface area contributed by atoms with Crippen LogP contribution in [0.4, 0.5) is 0 Å². The van der Waals surface area contributed by atoms with E-state index in [2.05, 4.69) is 42.6 Å². The van der Waals surface area contributed by atoms with Crippen molar-refractivity contribution in [3.8, 4) is 0 Å². The van der Waals surface area contributed by atoms with E-state index in [1.54, 1.807) is 0 Å². The van der Waals surface area contributed by atoms with Gasteiger partial charge in [0.05, 0.1) is 12.0 Å². The number of aromatic nitrogens is 2. The quantitative estimate of drug-likeness (QED) is 0.680. The Balaban J connectivity index is 2.25. The molecule has 0 radical (unpaired) electrons. The van der Waals surface area contributed by atoms with Crippen LogP contribution in [0.25, 0.3) is 0 Å². The average molecular weight is 265 g/mol. The van der Waals surface area contributed by atoms with Gasteiger partial charge in [-0.2, -0.15) is 0 Å². The monoisotopic (exact) mass is 265 g/mol. The summed E-state index contributed by atoms with van der Waals surface area (Å²) in [7, 11) is 0. The molecule has 0 saturated carbocycles. The molecule has 1 N–H and O–H groups in total. The molecule has 0 amide bonds. The van der Waals surface area contributed by atoms with Crippen molar-refractivity contribution < 1.29 is 0 Å². The van der Waals surface area contributed by atoms with Crippen molar-refractivity contribution in [1.82, 2.24) is 14.9 Å². The summed E-state index contributed by atoms with van der Waals surface area (Å²) in [5.74, 6) is 0. The molecular weight excluding hydrogens is 234 g/mol. The van der Waals surface area contributed by atoms with Gasteiger partial charge < -0.3 is 9.88 Å². The number of imidazole rings is 1. The lowest BCUT2D eigenvalue weighted by Gasteiger charge is -2.21. The third-order valence-electron chi connectivity index (χ3n) is 3.35. The molecule has 0 aliphatic rings. The van der Waals surface area contributed by atoms with Crippen LogP contribution in [0, 0.1) is 0 Å². The van der Waals surface area contributed by atoms with Crippen LogP contribution in [-0.4, -0.2) is 15.1 Å². The van der Waals surface area contributed by atoms with E-state index >= 15 is 0 Å². The van der Waals surface area contributed by atoms with E-state index in [0.717, 1.165) is 13.1 Å². The Morgan fingerprint density at radius 2 is 1.79 bits per heavy atom. The first-order chi connectivity index (χ1) is 9.03. The fourth-order valence-electron chi connectivity index (χ4n) is 2.11. The first-order valence-electron chi connectivity index (χ1n) is 7.77. The molecule has 19 heavy (non-hydrogen) atoms. The smallest absolute Gasteiger partial charge is 0.0948 e. The van der Waals surface area contributed by atoms with Gasteiger partial charge in [-0.1, -0.05) is 39.0 Å². The zero-order valence-corrected chi connectivity index (χ0v) is 13.2. The molecule has 0 aliphatic heterocycles. The maximum atomic E-state index is 4.27. The van der Waals surface area contributed by atoms with E-state index in [1.165, 1.54) is 44.2 Å². The third kappa shape index (κ3) is 7.36. The van der Waals surface area contributed by atoms with Crippen molar-refractivity contribution in [2.24, 2.45) is 0 Å². The second-order valence-electron chi connectivity index (χ2n) is 6.45. The number of unbranched alkanes of at least 4 members (excludes halogenated alkanes) is 5. The topological polar surface area (TPSA) is 29.9 Å². The molecular formula is C16H31N3. The molecule has 0 spiro atoms. The predicted molar refractivity (Wildman–Crippen MR) is 82.2 cm³/mol. The molecule has 0 aromatic carbocycles. The molecule has 0 atom stereocenters. The Kier molecular flexibility index (Phi) is 7.14. The summed E-state index contributed by atoms with van der Waals surface area (Å²) in [6.45, 7) is 10.9. The molecule has 110 valence electrons. The first kappa shape index (κ1) is 16.2. The van der Waals surface area contributed by atoms with E-state index in [1.807, 2.05) is 12.5 Å². The summed E-state index contributed by atoms with van der Waals surface area (Å²) in [5.41, 5.74) is 1.46. The highest BCUT2D eigenvalue weighted by molar-refractivity contribution is 4.98. The Bertz CT molecular complexity index is 336. The molecule has 1 rings (SSSR count). The Labute approximate surface area is 118 Å². The van der Waals surface area contributed by atoms with Crippen molar-refractivity contribution in [2.75, 3.05) is 0 Å². The summed E-state index contributed by atoms with van der Waals surface area (Å²) in [6.07, 6.45) is 12.0. The first-order valence-corrected chi connectivity index (χ1v) is 7.77. The Morgan fingerprint density at radius 3 is 2.47 bits per heavy atom. The maximum Gasteiger partial charge on any atom is 0.0948 e. The molecule has 0 bridgehead atoms. The lowest BCUT2D eigenvalue weighted by molar-refractivity contribution is 0.414. The molecule has 1 aromatic rings. The van der Waals surface area contributed by atoms with E-state index in [-0.39, 0.29) is 5.54 Å². The van der Waals surface area contributed by atoms with Gasteiger partial charge in [0.25, 0.3) is 0 Å². The van der Waals surface area contributed by atoms with Crippen LogP contribution in [0.5, 0.6) is 0 Å². The number of nitrogens with one attached hydrogen (secondary N) is 1. The van der Waals surface area contributed by atoms with E-state index in [0.29, 0.717) is 0 Å². The van der Waals surface area contributed by atoms with Gasteiger partial charge in [0, 0.05) is 24.8 Å². The highest BCUT2D eigenvalue weighted by atomic mass is 15.1. The molecule has 1 heterocycles. The second kappa shape index (κ2) is 8.36. The van der Waals surface area contributed by atoms with Crippen molar-refractivity contribution >= 4 is 0 Å². The zero-order chi connectivity index (χ0) is 14.1. The van der Waals surface area contributed by atoms with Gasteiger partial charge in [0.1, 0.15) is 0 Å². The average Bonchev–Trinajstić information content (AvgIpc) is 2.78. The minimum Gasteiger partial charge on any atom is -0.333 e. The molecule has 0 saturated heterocycles. The van der Waals surface area contributed by atoms with Crippen molar-refractivity contribution in [3.05, 3.63) is 18.2 Å². The molecule has 0 aliphatic carbocycles. The number of hydrogen-bond acceptors (Lipinski definition) is 2. The van der Waals surface area contributed by atoms with Crippen LogP contribution in [0.1, 0.15) is 71.9 Å². The lowest BCUT2D eigenvalue weighted by Crippen LogP contribution is -2.35. The van der Waals surface area contributed by atoms with Gasteiger partial charge in [-0.15, -0.1) is 0 Å². The minimum absolute atomic E-state index is 0.162. The summed E-state index contributed by atoms with van der Waals surface area (Å²) in [6, 6.07) is 0. The standard InChI is InChI=1S/C16H31N3/c1-5-6-7-8-9-10-11-19-14-17-12-15(19)13-18-16(2,3)4/h12,14,18H,5-11,13H2,1-4H3. The van der Waals surface area contributed by atoms with Gasteiger partial charge >= 0.3 is 0 Å². The largest absolute Gasteiger partial charge is 0.333 e. The molecule has 1 aromatic heterocycles. The van der Waals surface area contributed by atoms with Crippen molar-refractivity contribution in [3.63, 3.8) is 0 Å². The summed E-state index contributed by atoms with van der Waals surface area (Å²) >= 11 is 0. The fourth-order valence-corrected chi connectivity index (χ4v) is 2.11. The van der Waals surface area contributed by atoms with Crippen molar-refractivity contribution in [2.45, 2.75) is 84.8 Å². The molecule has 3 heteroatoms. The van der Waals surface area contributed by atoms with E-state index in [9.17, 15) is 0 Å². The van der Waals surface area contributed by atoms with Crippen LogP contribution in [0.15, 0.2) is 12.5 Å². The fraction of sp³-hybridized carbons (Fsp3) is 0.812. The normalized spacial score (nSPS) is 12.0. The van der Waals surface area contributed by atoms with Gasteiger partial charge in [0.15, 0.2) is 0 Å². The minimum atomic E-state index is 0.162. The lowest BCUT2D eigenvalue weighted by atomic mass is 10.1. The van der Waals surface area contributed by atoms with Gasteiger partial charge in [0.2, 0.25) is 0 Å². The molecule has 3 nitrogen and oxygen atoms in total. The number of hydrogen-bond donors (Lipinski definition) is 1. The number of aryl methyl sites for hydroxylation is 1. The second-order valence-corrected chi connectivity index (χ2v) is 6.45. The van der Waals surface area contributed by atoms with E-state index < -0.39 is 0 Å². The van der Waals surface area contributed by atoms with Gasteiger partial charge in [-0.25, -0.2) is 4.98 Å². The number of rotatable bonds is 9. The summed E-state index contributed by atoms with van der Waals surface area (Å²) < 4.78 is 2.29. The predicted octanol–water partition coefficient (Wildman–Crippen LogP) is 4.13. The molecule has 0 unspecified atom stereocenters. The zero-order valence-electron chi connectivity index (χ0n) is 13.2. The summed E-state index contributed by atoms with van der Waals surface area (Å²) in [5, 5.41) is 3.52.